The fourth-order valence-corrected chi connectivity index (χ4v) is 1.18. The molecule has 17 heavy (non-hydrogen) atoms. The molecule has 0 aliphatic heterocycles. The molecule has 1 rings (SSSR count). The zero-order chi connectivity index (χ0) is 12.7. The first-order valence-electron chi connectivity index (χ1n) is 5.03. The molecule has 0 aliphatic carbocycles. The standard InChI is InChI=1S/C13H12O4/c1-3-17-12-6-4-10(8-11(12)9-14)5-7-13(15)16-2/h4,6,8-9H,3H2,1-2H3. The Morgan fingerprint density at radius 3 is 2.82 bits per heavy atom. The minimum Gasteiger partial charge on any atom is -0.493 e. The van der Waals surface area contributed by atoms with Crippen molar-refractivity contribution in [2.75, 3.05) is 13.7 Å². The van der Waals surface area contributed by atoms with Gasteiger partial charge in [-0.1, -0.05) is 5.92 Å². The molecule has 88 valence electrons. The third-order valence-electron chi connectivity index (χ3n) is 1.93. The van der Waals surface area contributed by atoms with Crippen molar-refractivity contribution in [3.63, 3.8) is 0 Å². The molecule has 0 bridgehead atoms. The van der Waals surface area contributed by atoms with Crippen LogP contribution in [0.25, 0.3) is 0 Å². The number of ether oxygens (including phenoxy) is 2. The van der Waals surface area contributed by atoms with Gasteiger partial charge in [-0.15, -0.1) is 0 Å². The molecule has 1 aromatic rings. The van der Waals surface area contributed by atoms with Crippen LogP contribution in [0.15, 0.2) is 18.2 Å². The summed E-state index contributed by atoms with van der Waals surface area (Å²) < 4.78 is 9.64. The topological polar surface area (TPSA) is 52.6 Å². The van der Waals surface area contributed by atoms with Crippen LogP contribution in [0.1, 0.15) is 22.8 Å². The second kappa shape index (κ2) is 6.33. The van der Waals surface area contributed by atoms with Crippen molar-refractivity contribution >= 4 is 12.3 Å². The molecule has 1 aromatic carbocycles. The fraction of sp³-hybridized carbons (Fsp3) is 0.231. The van der Waals surface area contributed by atoms with E-state index in [0.29, 0.717) is 29.8 Å². The molecule has 0 unspecified atom stereocenters. The third-order valence-corrected chi connectivity index (χ3v) is 1.93. The maximum Gasteiger partial charge on any atom is 0.384 e. The zero-order valence-corrected chi connectivity index (χ0v) is 9.65. The highest BCUT2D eigenvalue weighted by atomic mass is 16.5. The van der Waals surface area contributed by atoms with E-state index >= 15 is 0 Å². The number of hydrogen-bond acceptors (Lipinski definition) is 4. The van der Waals surface area contributed by atoms with Gasteiger partial charge in [-0.3, -0.25) is 4.79 Å². The Bertz CT molecular complexity index is 480. The van der Waals surface area contributed by atoms with Crippen LogP contribution in [0.3, 0.4) is 0 Å². The van der Waals surface area contributed by atoms with E-state index in [1.54, 1.807) is 18.2 Å². The first kappa shape index (κ1) is 12.8. The molecule has 0 fully saturated rings. The highest BCUT2D eigenvalue weighted by molar-refractivity contribution is 5.89. The average molecular weight is 232 g/mol. The van der Waals surface area contributed by atoms with Gasteiger partial charge in [0.2, 0.25) is 0 Å². The number of methoxy groups -OCH3 is 1. The van der Waals surface area contributed by atoms with Crippen LogP contribution in [-0.4, -0.2) is 26.0 Å². The summed E-state index contributed by atoms with van der Waals surface area (Å²) in [7, 11) is 1.26. The van der Waals surface area contributed by atoms with Crippen LogP contribution in [0.5, 0.6) is 5.75 Å². The number of aldehydes is 1. The van der Waals surface area contributed by atoms with Gasteiger partial charge in [-0.2, -0.15) is 0 Å². The van der Waals surface area contributed by atoms with Crippen molar-refractivity contribution in [2.45, 2.75) is 6.92 Å². The van der Waals surface area contributed by atoms with Crippen LogP contribution in [0.2, 0.25) is 0 Å². The van der Waals surface area contributed by atoms with Crippen molar-refractivity contribution < 1.29 is 19.1 Å². The summed E-state index contributed by atoms with van der Waals surface area (Å²) >= 11 is 0. The molecule has 0 aliphatic rings. The third kappa shape index (κ3) is 3.65. The summed E-state index contributed by atoms with van der Waals surface area (Å²) in [5.41, 5.74) is 0.962. The molecule has 0 atom stereocenters. The number of rotatable bonds is 3. The van der Waals surface area contributed by atoms with Crippen molar-refractivity contribution in [3.05, 3.63) is 29.3 Å². The van der Waals surface area contributed by atoms with Gasteiger partial charge in [0.1, 0.15) is 5.75 Å². The lowest BCUT2D eigenvalue weighted by molar-refractivity contribution is -0.133. The number of carbonyl (C=O) groups excluding carboxylic acids is 2. The predicted molar refractivity (Wildman–Crippen MR) is 61.9 cm³/mol. The summed E-state index contributed by atoms with van der Waals surface area (Å²) in [6.07, 6.45) is 0.689. The average Bonchev–Trinajstić information content (AvgIpc) is 2.37. The molecule has 0 spiro atoms. The van der Waals surface area contributed by atoms with E-state index in [1.807, 2.05) is 6.92 Å². The van der Waals surface area contributed by atoms with Crippen molar-refractivity contribution in [2.24, 2.45) is 0 Å². The summed E-state index contributed by atoms with van der Waals surface area (Å²) in [5, 5.41) is 0. The first-order valence-corrected chi connectivity index (χ1v) is 5.03. The van der Waals surface area contributed by atoms with Gasteiger partial charge in [-0.25, -0.2) is 4.79 Å². The number of carbonyl (C=O) groups is 2. The summed E-state index contributed by atoms with van der Waals surface area (Å²) in [6.45, 7) is 2.31. The van der Waals surface area contributed by atoms with Crippen molar-refractivity contribution in [3.8, 4) is 17.6 Å². The minimum atomic E-state index is -0.619. The van der Waals surface area contributed by atoms with Gasteiger partial charge in [0.15, 0.2) is 6.29 Å². The molecular weight excluding hydrogens is 220 g/mol. The molecule has 0 N–H and O–H groups in total. The van der Waals surface area contributed by atoms with Crippen molar-refractivity contribution in [1.29, 1.82) is 0 Å². The quantitative estimate of drug-likeness (QED) is 0.449. The maximum atomic E-state index is 10.8. The van der Waals surface area contributed by atoms with E-state index in [-0.39, 0.29) is 0 Å². The van der Waals surface area contributed by atoms with Gasteiger partial charge in [0, 0.05) is 11.5 Å². The molecule has 0 heterocycles. The van der Waals surface area contributed by atoms with Crippen LogP contribution in [0, 0.1) is 11.8 Å². The number of hydrogen-bond donors (Lipinski definition) is 0. The SMILES string of the molecule is CCOc1ccc(C#CC(=O)OC)cc1C=O. The second-order valence-electron chi connectivity index (χ2n) is 3.05. The molecule has 4 heteroatoms. The van der Waals surface area contributed by atoms with E-state index in [9.17, 15) is 9.59 Å². The lowest BCUT2D eigenvalue weighted by Gasteiger charge is -2.05. The van der Waals surface area contributed by atoms with Gasteiger partial charge >= 0.3 is 5.97 Å². The normalized spacial score (nSPS) is 8.82. The van der Waals surface area contributed by atoms with Crippen molar-refractivity contribution in [1.82, 2.24) is 0 Å². The monoisotopic (exact) mass is 232 g/mol. The molecule has 0 saturated carbocycles. The largest absolute Gasteiger partial charge is 0.493 e. The van der Waals surface area contributed by atoms with Crippen LogP contribution < -0.4 is 4.74 Å². The van der Waals surface area contributed by atoms with Gasteiger partial charge in [-0.05, 0) is 25.1 Å². The smallest absolute Gasteiger partial charge is 0.384 e. The summed E-state index contributed by atoms with van der Waals surface area (Å²) in [6, 6.07) is 4.89. The first-order chi connectivity index (χ1) is 8.21. The molecular formula is C13H12O4. The number of esters is 1. The second-order valence-corrected chi connectivity index (χ2v) is 3.05. The van der Waals surface area contributed by atoms with E-state index in [4.69, 9.17) is 4.74 Å². The number of benzene rings is 1. The molecule has 0 amide bonds. The molecule has 4 nitrogen and oxygen atoms in total. The Kier molecular flexibility index (Phi) is 4.77. The highest BCUT2D eigenvalue weighted by Gasteiger charge is 2.02. The Hall–Kier alpha value is -2.28. The Morgan fingerprint density at radius 2 is 2.24 bits per heavy atom. The Morgan fingerprint density at radius 1 is 1.47 bits per heavy atom. The maximum absolute atomic E-state index is 10.8. The Balaban J connectivity index is 2.99. The molecule has 0 saturated heterocycles. The van der Waals surface area contributed by atoms with Crippen LogP contribution in [-0.2, 0) is 9.53 Å². The highest BCUT2D eigenvalue weighted by Crippen LogP contribution is 2.17. The van der Waals surface area contributed by atoms with Crippen LogP contribution >= 0.6 is 0 Å². The van der Waals surface area contributed by atoms with Gasteiger partial charge in [0.05, 0.1) is 19.3 Å². The lowest BCUT2D eigenvalue weighted by Crippen LogP contribution is -1.97. The van der Waals surface area contributed by atoms with E-state index in [2.05, 4.69) is 16.6 Å². The lowest BCUT2D eigenvalue weighted by atomic mass is 10.1. The molecule has 0 aromatic heterocycles. The zero-order valence-electron chi connectivity index (χ0n) is 9.65. The molecule has 0 radical (unpaired) electrons. The van der Waals surface area contributed by atoms with Gasteiger partial charge < -0.3 is 9.47 Å². The summed E-state index contributed by atoms with van der Waals surface area (Å²) in [4.78, 5) is 21.6. The summed E-state index contributed by atoms with van der Waals surface area (Å²) in [5.74, 6) is 4.77. The van der Waals surface area contributed by atoms with Crippen LogP contribution in [0.4, 0.5) is 0 Å². The Labute approximate surface area is 99.5 Å². The predicted octanol–water partition coefficient (Wildman–Crippen LogP) is 1.42. The van der Waals surface area contributed by atoms with E-state index in [0.717, 1.165) is 0 Å². The van der Waals surface area contributed by atoms with Gasteiger partial charge in [0.25, 0.3) is 0 Å². The fourth-order valence-electron chi connectivity index (χ4n) is 1.18. The minimum absolute atomic E-state index is 0.406. The van der Waals surface area contributed by atoms with E-state index < -0.39 is 5.97 Å². The van der Waals surface area contributed by atoms with E-state index in [1.165, 1.54) is 7.11 Å².